The second-order valence-corrected chi connectivity index (χ2v) is 5.58. The van der Waals surface area contributed by atoms with Crippen LogP contribution >= 0.6 is 11.6 Å². The maximum atomic E-state index is 12.1. The molecule has 0 aromatic heterocycles. The van der Waals surface area contributed by atoms with Gasteiger partial charge in [-0.15, -0.1) is 0 Å². The molecule has 0 radical (unpaired) electrons. The number of phenolic OH excluding ortho intramolecular Hbond substituents is 1. The monoisotopic (exact) mass is 255 g/mol. The molecule has 0 bridgehead atoms. The molecule has 1 atom stereocenters. The third-order valence-electron chi connectivity index (χ3n) is 2.27. The molecule has 2 N–H and O–H groups in total. The van der Waals surface area contributed by atoms with Gasteiger partial charge in [0.05, 0.1) is 11.6 Å². The molecule has 0 aliphatic rings. The van der Waals surface area contributed by atoms with Crippen LogP contribution in [0.25, 0.3) is 0 Å². The Labute approximate surface area is 107 Å². The van der Waals surface area contributed by atoms with Crippen LogP contribution in [0.5, 0.6) is 5.75 Å². The van der Waals surface area contributed by atoms with E-state index in [1.165, 1.54) is 12.1 Å². The molecule has 4 heteroatoms. The fourth-order valence-electron chi connectivity index (χ4n) is 1.65. The first-order valence-electron chi connectivity index (χ1n) is 5.51. The minimum absolute atomic E-state index is 0.0399. The molecule has 0 saturated heterocycles. The number of phenols is 1. The predicted octanol–water partition coefficient (Wildman–Crippen LogP) is 3.00. The van der Waals surface area contributed by atoms with Gasteiger partial charge in [0.2, 0.25) is 0 Å². The van der Waals surface area contributed by atoms with Crippen molar-refractivity contribution in [2.75, 3.05) is 0 Å². The first-order valence-corrected chi connectivity index (χ1v) is 5.89. The molecule has 0 amide bonds. The summed E-state index contributed by atoms with van der Waals surface area (Å²) in [6.07, 6.45) is 0. The van der Waals surface area contributed by atoms with E-state index in [9.17, 15) is 9.90 Å². The van der Waals surface area contributed by atoms with Crippen LogP contribution in [-0.4, -0.2) is 22.5 Å². The summed E-state index contributed by atoms with van der Waals surface area (Å²) in [5, 5.41) is 13.2. The third kappa shape index (κ3) is 4.02. The number of aromatic hydroxyl groups is 1. The van der Waals surface area contributed by atoms with E-state index in [1.807, 2.05) is 20.8 Å². The molecule has 0 fully saturated rings. The van der Waals surface area contributed by atoms with E-state index in [4.69, 9.17) is 11.6 Å². The molecule has 0 spiro atoms. The summed E-state index contributed by atoms with van der Waals surface area (Å²) in [6, 6.07) is 4.09. The lowest BCUT2D eigenvalue weighted by Gasteiger charge is -2.25. The van der Waals surface area contributed by atoms with Crippen molar-refractivity contribution in [3.05, 3.63) is 28.8 Å². The number of benzene rings is 1. The summed E-state index contributed by atoms with van der Waals surface area (Å²) in [5.41, 5.74) is 0.0882. The Bertz CT molecular complexity index is 424. The largest absolute Gasteiger partial charge is 0.507 e. The van der Waals surface area contributed by atoms with Crippen LogP contribution in [0, 0.1) is 0 Å². The van der Waals surface area contributed by atoms with Crippen molar-refractivity contribution in [1.82, 2.24) is 5.32 Å². The number of hydrogen-bond donors (Lipinski definition) is 2. The Morgan fingerprint density at radius 2 is 2.00 bits per heavy atom. The summed E-state index contributed by atoms with van der Waals surface area (Å²) >= 11 is 5.81. The first kappa shape index (κ1) is 14.0. The average Bonchev–Trinajstić information content (AvgIpc) is 2.18. The average molecular weight is 256 g/mol. The van der Waals surface area contributed by atoms with Gasteiger partial charge in [0.25, 0.3) is 0 Å². The summed E-state index contributed by atoms with van der Waals surface area (Å²) in [6.45, 7) is 7.71. The fourth-order valence-corrected chi connectivity index (χ4v) is 1.83. The minimum Gasteiger partial charge on any atom is -0.507 e. The SMILES string of the molecule is CC(NC(C)(C)C)C(=O)c1cc(Cl)ccc1O. The molecule has 3 nitrogen and oxygen atoms in total. The molecule has 0 heterocycles. The summed E-state index contributed by atoms with van der Waals surface area (Å²) in [5.74, 6) is -0.207. The van der Waals surface area contributed by atoms with Crippen LogP contribution in [0.2, 0.25) is 5.02 Å². The Morgan fingerprint density at radius 1 is 1.41 bits per heavy atom. The number of halogens is 1. The first-order chi connectivity index (χ1) is 7.70. The highest BCUT2D eigenvalue weighted by molar-refractivity contribution is 6.31. The molecule has 0 aliphatic carbocycles. The van der Waals surface area contributed by atoms with Crippen molar-refractivity contribution in [2.45, 2.75) is 39.3 Å². The van der Waals surface area contributed by atoms with Crippen LogP contribution in [0.4, 0.5) is 0 Å². The molecule has 0 saturated carbocycles. The normalized spacial score (nSPS) is 13.5. The van der Waals surface area contributed by atoms with Crippen molar-refractivity contribution in [1.29, 1.82) is 0 Å². The smallest absolute Gasteiger partial charge is 0.183 e. The van der Waals surface area contributed by atoms with Crippen LogP contribution in [0.3, 0.4) is 0 Å². The van der Waals surface area contributed by atoms with Gasteiger partial charge in [-0.3, -0.25) is 4.79 Å². The lowest BCUT2D eigenvalue weighted by Crippen LogP contribution is -2.46. The number of nitrogens with one attached hydrogen (secondary N) is 1. The van der Waals surface area contributed by atoms with Crippen LogP contribution in [-0.2, 0) is 0 Å². The maximum absolute atomic E-state index is 12.1. The number of hydrogen-bond acceptors (Lipinski definition) is 3. The van der Waals surface area contributed by atoms with Crippen molar-refractivity contribution in [2.24, 2.45) is 0 Å². The van der Waals surface area contributed by atoms with Gasteiger partial charge in [-0.2, -0.15) is 0 Å². The zero-order valence-corrected chi connectivity index (χ0v) is 11.3. The highest BCUT2D eigenvalue weighted by atomic mass is 35.5. The van der Waals surface area contributed by atoms with Gasteiger partial charge in [0.15, 0.2) is 5.78 Å². The molecule has 0 aliphatic heterocycles. The predicted molar refractivity (Wildman–Crippen MR) is 69.8 cm³/mol. The van der Waals surface area contributed by atoms with Crippen molar-refractivity contribution >= 4 is 17.4 Å². The zero-order valence-electron chi connectivity index (χ0n) is 10.5. The van der Waals surface area contributed by atoms with E-state index in [0.717, 1.165) is 0 Å². The topological polar surface area (TPSA) is 49.3 Å². The van der Waals surface area contributed by atoms with Gasteiger partial charge in [0.1, 0.15) is 5.75 Å². The Morgan fingerprint density at radius 3 is 2.53 bits per heavy atom. The third-order valence-corrected chi connectivity index (χ3v) is 2.50. The highest BCUT2D eigenvalue weighted by Crippen LogP contribution is 2.23. The molecular formula is C13H18ClNO2. The Kier molecular flexibility index (Phi) is 4.17. The van der Waals surface area contributed by atoms with Crippen molar-refractivity contribution in [3.8, 4) is 5.75 Å². The zero-order chi connectivity index (χ0) is 13.2. The molecule has 1 rings (SSSR count). The van der Waals surface area contributed by atoms with E-state index in [-0.39, 0.29) is 28.7 Å². The van der Waals surface area contributed by atoms with E-state index >= 15 is 0 Å². The molecule has 1 unspecified atom stereocenters. The summed E-state index contributed by atoms with van der Waals surface area (Å²) in [4.78, 5) is 12.1. The molecular weight excluding hydrogens is 238 g/mol. The van der Waals surface area contributed by atoms with E-state index in [1.54, 1.807) is 13.0 Å². The van der Waals surface area contributed by atoms with E-state index in [2.05, 4.69) is 5.32 Å². The van der Waals surface area contributed by atoms with Crippen LogP contribution < -0.4 is 5.32 Å². The van der Waals surface area contributed by atoms with Gasteiger partial charge >= 0.3 is 0 Å². The number of rotatable bonds is 3. The number of ketones is 1. The number of carbonyl (C=O) groups excluding carboxylic acids is 1. The molecule has 1 aromatic rings. The lowest BCUT2D eigenvalue weighted by molar-refractivity contribution is 0.0933. The lowest BCUT2D eigenvalue weighted by atomic mass is 10.0. The van der Waals surface area contributed by atoms with Gasteiger partial charge in [-0.1, -0.05) is 11.6 Å². The Balaban J connectivity index is 2.93. The quantitative estimate of drug-likeness (QED) is 0.817. The van der Waals surface area contributed by atoms with E-state index < -0.39 is 0 Å². The second-order valence-electron chi connectivity index (χ2n) is 5.14. The molecule has 17 heavy (non-hydrogen) atoms. The van der Waals surface area contributed by atoms with Gasteiger partial charge in [-0.25, -0.2) is 0 Å². The van der Waals surface area contributed by atoms with Gasteiger partial charge in [-0.05, 0) is 45.9 Å². The van der Waals surface area contributed by atoms with Crippen LogP contribution in [0.1, 0.15) is 38.1 Å². The van der Waals surface area contributed by atoms with Gasteiger partial charge in [0, 0.05) is 10.6 Å². The Hall–Kier alpha value is -1.06. The number of carbonyl (C=O) groups is 1. The minimum atomic E-state index is -0.376. The summed E-state index contributed by atoms with van der Waals surface area (Å²) in [7, 11) is 0. The fraction of sp³-hybridized carbons (Fsp3) is 0.462. The molecule has 94 valence electrons. The highest BCUT2D eigenvalue weighted by Gasteiger charge is 2.22. The summed E-state index contributed by atoms with van der Waals surface area (Å²) < 4.78 is 0. The standard InChI is InChI=1S/C13H18ClNO2/c1-8(15-13(2,3)4)12(17)10-7-9(14)5-6-11(10)16/h5-8,15-16H,1-4H3. The van der Waals surface area contributed by atoms with Crippen molar-refractivity contribution in [3.63, 3.8) is 0 Å². The van der Waals surface area contributed by atoms with Crippen molar-refractivity contribution < 1.29 is 9.90 Å². The molecule has 1 aromatic carbocycles. The van der Waals surface area contributed by atoms with E-state index in [0.29, 0.717) is 5.02 Å². The van der Waals surface area contributed by atoms with Gasteiger partial charge < -0.3 is 10.4 Å². The second kappa shape index (κ2) is 5.07. The number of Topliss-reactive ketones (excluding diaryl/α,β-unsaturated/α-hetero) is 1. The van der Waals surface area contributed by atoms with Crippen LogP contribution in [0.15, 0.2) is 18.2 Å². The maximum Gasteiger partial charge on any atom is 0.183 e.